The average molecular weight is 407 g/mol. The molecule has 1 aromatic rings. The number of likely N-dealkylation sites (tertiary alicyclic amines) is 1. The summed E-state index contributed by atoms with van der Waals surface area (Å²) in [6, 6.07) is -0.334. The molecule has 2 atom stereocenters. The third-order valence-corrected chi connectivity index (χ3v) is 7.25. The van der Waals surface area contributed by atoms with Gasteiger partial charge in [-0.15, -0.1) is 0 Å². The number of hydrogen-bond donors (Lipinski definition) is 1. The van der Waals surface area contributed by atoms with Crippen LogP contribution in [-0.4, -0.2) is 71.1 Å². The van der Waals surface area contributed by atoms with Crippen LogP contribution in [0.25, 0.3) is 0 Å². The fourth-order valence-electron chi connectivity index (χ4n) is 4.19. The van der Waals surface area contributed by atoms with E-state index >= 15 is 0 Å². The number of amides is 1. The number of aromatic nitrogens is 2. The molecule has 4 rings (SSSR count). The van der Waals surface area contributed by atoms with E-state index in [9.17, 15) is 13.2 Å². The summed E-state index contributed by atoms with van der Waals surface area (Å²) in [7, 11) is -3.04. The van der Waals surface area contributed by atoms with Crippen molar-refractivity contribution in [1.82, 2.24) is 20.2 Å². The Labute approximate surface area is 164 Å². The first kappa shape index (κ1) is 19.3. The van der Waals surface area contributed by atoms with E-state index in [1.54, 1.807) is 12.4 Å². The third-order valence-electron chi connectivity index (χ3n) is 5.48. The van der Waals surface area contributed by atoms with Crippen molar-refractivity contribution in [2.24, 2.45) is 5.16 Å². The zero-order valence-electron chi connectivity index (χ0n) is 15.9. The first-order valence-electron chi connectivity index (χ1n) is 9.59. The van der Waals surface area contributed by atoms with E-state index in [2.05, 4.69) is 25.3 Å². The van der Waals surface area contributed by atoms with E-state index in [0.717, 1.165) is 30.8 Å². The zero-order valence-corrected chi connectivity index (χ0v) is 16.7. The molecule has 1 N–H and O–H groups in total. The van der Waals surface area contributed by atoms with Crippen molar-refractivity contribution in [2.45, 2.75) is 50.8 Å². The maximum Gasteiger partial charge on any atom is 0.269 e. The summed E-state index contributed by atoms with van der Waals surface area (Å²) >= 11 is 0. The van der Waals surface area contributed by atoms with Crippen LogP contribution >= 0.6 is 0 Å². The lowest BCUT2D eigenvalue weighted by Crippen LogP contribution is -2.49. The molecule has 2 unspecified atom stereocenters. The van der Waals surface area contributed by atoms with Gasteiger partial charge >= 0.3 is 0 Å². The van der Waals surface area contributed by atoms with Crippen LogP contribution in [0.1, 0.15) is 37.1 Å². The van der Waals surface area contributed by atoms with Crippen molar-refractivity contribution in [2.75, 3.05) is 24.6 Å². The van der Waals surface area contributed by atoms with Gasteiger partial charge in [0.05, 0.1) is 22.9 Å². The van der Waals surface area contributed by atoms with Crippen LogP contribution in [0.4, 0.5) is 0 Å². The summed E-state index contributed by atoms with van der Waals surface area (Å²) in [6.45, 7) is 4.20. The van der Waals surface area contributed by atoms with Crippen molar-refractivity contribution in [3.63, 3.8) is 0 Å². The Kier molecular flexibility index (Phi) is 5.09. The first-order chi connectivity index (χ1) is 13.3. The summed E-state index contributed by atoms with van der Waals surface area (Å²) in [4.78, 5) is 29.2. The van der Waals surface area contributed by atoms with Crippen LogP contribution in [0.5, 0.6) is 0 Å². The third kappa shape index (κ3) is 4.33. The number of aryl methyl sites for hydroxylation is 1. The van der Waals surface area contributed by atoms with Gasteiger partial charge in [0, 0.05) is 37.9 Å². The van der Waals surface area contributed by atoms with Crippen LogP contribution in [0.15, 0.2) is 17.5 Å². The average Bonchev–Trinajstić information content (AvgIpc) is 3.18. The molecule has 152 valence electrons. The van der Waals surface area contributed by atoms with Gasteiger partial charge in [0.25, 0.3) is 5.91 Å². The molecule has 28 heavy (non-hydrogen) atoms. The number of carbonyl (C=O) groups excluding carboxylic acids is 1. The van der Waals surface area contributed by atoms with Crippen molar-refractivity contribution in [3.8, 4) is 0 Å². The molecular weight excluding hydrogens is 382 g/mol. The maximum atomic E-state index is 12.5. The molecule has 0 saturated carbocycles. The second-order valence-corrected chi connectivity index (χ2v) is 10.3. The number of sulfone groups is 1. The number of piperidine rings is 1. The van der Waals surface area contributed by atoms with E-state index in [-0.39, 0.29) is 23.5 Å². The number of nitrogens with zero attached hydrogens (tertiary/aromatic N) is 4. The molecule has 3 aliphatic rings. The van der Waals surface area contributed by atoms with Crippen LogP contribution in [0.3, 0.4) is 0 Å². The molecule has 0 aliphatic carbocycles. The highest BCUT2D eigenvalue weighted by atomic mass is 32.2. The zero-order chi connectivity index (χ0) is 19.8. The predicted octanol–water partition coefficient (Wildman–Crippen LogP) is 0.199. The van der Waals surface area contributed by atoms with Crippen molar-refractivity contribution >= 4 is 21.5 Å². The molecule has 1 aromatic heterocycles. The standard InChI is InChI=1S/C18H25N5O4S/c1-13-8-19-9-15(20-13)10-23-5-2-4-18(12-23)7-16(22-27-18)17(24)21-14-3-6-28(25,26)11-14/h8-9,14H,2-7,10-12H2,1H3,(H,21,24). The van der Waals surface area contributed by atoms with Gasteiger partial charge in [-0.25, -0.2) is 8.42 Å². The van der Waals surface area contributed by atoms with Crippen molar-refractivity contribution in [1.29, 1.82) is 0 Å². The second-order valence-electron chi connectivity index (χ2n) is 8.03. The Hall–Kier alpha value is -2.07. The Morgan fingerprint density at radius 1 is 1.43 bits per heavy atom. The quantitative estimate of drug-likeness (QED) is 0.758. The number of carbonyl (C=O) groups is 1. The Morgan fingerprint density at radius 3 is 3.04 bits per heavy atom. The van der Waals surface area contributed by atoms with Crippen molar-refractivity contribution < 1.29 is 18.0 Å². The summed E-state index contributed by atoms with van der Waals surface area (Å²) in [6.07, 6.45) is 6.18. The molecule has 1 spiro atoms. The predicted molar refractivity (Wildman–Crippen MR) is 102 cm³/mol. The first-order valence-corrected chi connectivity index (χ1v) is 11.4. The number of nitrogens with one attached hydrogen (secondary N) is 1. The second kappa shape index (κ2) is 7.40. The van der Waals surface area contributed by atoms with E-state index in [1.165, 1.54) is 0 Å². The minimum absolute atomic E-state index is 0.00330. The van der Waals surface area contributed by atoms with Gasteiger partial charge in [0.1, 0.15) is 5.71 Å². The molecule has 3 aliphatic heterocycles. The fraction of sp³-hybridized carbons (Fsp3) is 0.667. The minimum Gasteiger partial charge on any atom is -0.387 e. The molecule has 4 heterocycles. The Bertz CT molecular complexity index is 903. The molecule has 0 bridgehead atoms. The highest BCUT2D eigenvalue weighted by Gasteiger charge is 2.45. The van der Waals surface area contributed by atoms with E-state index in [1.807, 2.05) is 6.92 Å². The lowest BCUT2D eigenvalue weighted by Gasteiger charge is -2.38. The van der Waals surface area contributed by atoms with E-state index in [4.69, 9.17) is 4.84 Å². The number of hydrogen-bond acceptors (Lipinski definition) is 8. The molecule has 9 nitrogen and oxygen atoms in total. The molecule has 0 radical (unpaired) electrons. The summed E-state index contributed by atoms with van der Waals surface area (Å²) in [5, 5.41) is 6.84. The Morgan fingerprint density at radius 2 is 2.29 bits per heavy atom. The summed E-state index contributed by atoms with van der Waals surface area (Å²) < 4.78 is 23.1. The molecule has 2 fully saturated rings. The topological polar surface area (TPSA) is 114 Å². The SMILES string of the molecule is Cc1cncc(CN2CCCC3(CC(C(=O)NC4CCS(=O)(=O)C4)=NO3)C2)n1. The molecular formula is C18H25N5O4S. The van der Waals surface area contributed by atoms with E-state index < -0.39 is 15.4 Å². The monoisotopic (exact) mass is 407 g/mol. The smallest absolute Gasteiger partial charge is 0.269 e. The van der Waals surface area contributed by atoms with Crippen LogP contribution in [0.2, 0.25) is 0 Å². The molecule has 10 heteroatoms. The highest BCUT2D eigenvalue weighted by Crippen LogP contribution is 2.34. The van der Waals surface area contributed by atoms with Gasteiger partial charge in [-0.3, -0.25) is 19.7 Å². The summed E-state index contributed by atoms with van der Waals surface area (Å²) in [5.41, 5.74) is 1.65. The maximum absolute atomic E-state index is 12.5. The molecule has 2 saturated heterocycles. The van der Waals surface area contributed by atoms with Gasteiger partial charge in [-0.2, -0.15) is 0 Å². The Balaban J connectivity index is 1.34. The van der Waals surface area contributed by atoms with Gasteiger partial charge in [0.15, 0.2) is 15.4 Å². The minimum atomic E-state index is -3.04. The van der Waals surface area contributed by atoms with Gasteiger partial charge < -0.3 is 10.2 Å². The largest absolute Gasteiger partial charge is 0.387 e. The van der Waals surface area contributed by atoms with Gasteiger partial charge in [-0.05, 0) is 32.7 Å². The van der Waals surface area contributed by atoms with Crippen LogP contribution in [-0.2, 0) is 26.0 Å². The fourth-order valence-corrected chi connectivity index (χ4v) is 5.86. The lowest BCUT2D eigenvalue weighted by atomic mass is 9.88. The van der Waals surface area contributed by atoms with Gasteiger partial charge in [-0.1, -0.05) is 5.16 Å². The van der Waals surface area contributed by atoms with Crippen LogP contribution < -0.4 is 5.32 Å². The number of rotatable bonds is 4. The number of oxime groups is 1. The van der Waals surface area contributed by atoms with Gasteiger partial charge in [0.2, 0.25) is 0 Å². The van der Waals surface area contributed by atoms with E-state index in [0.29, 0.717) is 31.6 Å². The summed E-state index contributed by atoms with van der Waals surface area (Å²) in [5.74, 6) is -0.189. The molecule has 0 aromatic carbocycles. The highest BCUT2D eigenvalue weighted by molar-refractivity contribution is 7.91. The van der Waals surface area contributed by atoms with Crippen LogP contribution in [0, 0.1) is 6.92 Å². The lowest BCUT2D eigenvalue weighted by molar-refractivity contribution is -0.115. The van der Waals surface area contributed by atoms with Crippen molar-refractivity contribution in [3.05, 3.63) is 23.8 Å². The normalized spacial score (nSPS) is 29.5. The molecule has 1 amide bonds.